The van der Waals surface area contributed by atoms with E-state index < -0.39 is 27.0 Å². The minimum Gasteiger partial charge on any atom is -0.465 e. The SMILES string of the molecule is CCOC(=O)C1C(=N)C(=NCCSCc2nc(N=C(N)N)sc2Cl)NS1(=O)=O. The lowest BCUT2D eigenvalue weighted by Gasteiger charge is -2.06. The lowest BCUT2D eigenvalue weighted by molar-refractivity contribution is -0.141. The summed E-state index contributed by atoms with van der Waals surface area (Å²) >= 11 is 8.69. The molecule has 0 bridgehead atoms. The Bertz CT molecular complexity index is 925. The van der Waals surface area contributed by atoms with Crippen LogP contribution in [0.5, 0.6) is 0 Å². The summed E-state index contributed by atoms with van der Waals surface area (Å²) in [5, 5.41) is 6.56. The maximum atomic E-state index is 12.0. The number of aliphatic imine (C=N–C) groups is 2. The van der Waals surface area contributed by atoms with Crippen molar-refractivity contribution in [2.24, 2.45) is 21.5 Å². The molecule has 0 radical (unpaired) electrons. The molecule has 1 atom stereocenters. The maximum absolute atomic E-state index is 12.0. The molecule has 0 amide bonds. The molecule has 11 nitrogen and oxygen atoms in total. The molecule has 154 valence electrons. The Labute approximate surface area is 174 Å². The van der Waals surface area contributed by atoms with Crippen molar-refractivity contribution in [1.82, 2.24) is 9.71 Å². The molecule has 1 aliphatic heterocycles. The van der Waals surface area contributed by atoms with Crippen LogP contribution in [-0.2, 0) is 25.3 Å². The monoisotopic (exact) mass is 467 g/mol. The van der Waals surface area contributed by atoms with Crippen LogP contribution in [0.1, 0.15) is 12.6 Å². The number of ether oxygens (including phenoxy) is 1. The molecule has 2 rings (SSSR count). The van der Waals surface area contributed by atoms with Crippen molar-refractivity contribution in [3.63, 3.8) is 0 Å². The first kappa shape index (κ1) is 22.4. The molecule has 6 N–H and O–H groups in total. The van der Waals surface area contributed by atoms with Gasteiger partial charge in [0, 0.05) is 11.5 Å². The fourth-order valence-electron chi connectivity index (χ4n) is 2.07. The van der Waals surface area contributed by atoms with Crippen LogP contribution >= 0.6 is 34.7 Å². The molecule has 1 unspecified atom stereocenters. The van der Waals surface area contributed by atoms with Crippen molar-refractivity contribution >= 4 is 73.3 Å². The number of nitrogens with one attached hydrogen (secondary N) is 2. The van der Waals surface area contributed by atoms with Gasteiger partial charge in [0.2, 0.25) is 10.4 Å². The standard InChI is InChI=1S/C13H18ClN7O4S3/c1-2-25-11(22)8-7(15)10(21-28(8,23)24)18-3-4-26-5-6-9(14)27-13(19-6)20-12(16)17/h8,15H,2-5H2,1H3,(H,18,21)(H4,16,17,19,20). The third-order valence-electron chi connectivity index (χ3n) is 3.17. The number of halogens is 1. The van der Waals surface area contributed by atoms with Crippen LogP contribution in [0.15, 0.2) is 9.98 Å². The highest BCUT2D eigenvalue weighted by atomic mass is 35.5. The number of rotatable bonds is 8. The van der Waals surface area contributed by atoms with Gasteiger partial charge in [0.05, 0.1) is 18.8 Å². The Morgan fingerprint density at radius 2 is 2.21 bits per heavy atom. The van der Waals surface area contributed by atoms with Crippen molar-refractivity contribution in [1.29, 1.82) is 5.41 Å². The van der Waals surface area contributed by atoms with E-state index in [-0.39, 0.29) is 24.9 Å². The summed E-state index contributed by atoms with van der Waals surface area (Å²) in [5.74, 6) is -0.263. The van der Waals surface area contributed by atoms with Gasteiger partial charge in [-0.2, -0.15) is 16.8 Å². The molecule has 28 heavy (non-hydrogen) atoms. The molecule has 15 heteroatoms. The molecule has 0 saturated carbocycles. The average molecular weight is 468 g/mol. The Morgan fingerprint density at radius 1 is 1.50 bits per heavy atom. The van der Waals surface area contributed by atoms with Crippen LogP contribution in [0, 0.1) is 5.41 Å². The Balaban J connectivity index is 1.90. The van der Waals surface area contributed by atoms with Crippen LogP contribution < -0.4 is 16.2 Å². The molecule has 1 aliphatic rings. The average Bonchev–Trinajstić information content (AvgIpc) is 3.02. The first-order chi connectivity index (χ1) is 13.2. The molecule has 1 aromatic rings. The van der Waals surface area contributed by atoms with Crippen molar-refractivity contribution in [2.45, 2.75) is 17.9 Å². The smallest absolute Gasteiger partial charge is 0.332 e. The number of nitrogens with zero attached hydrogens (tertiary/aromatic N) is 3. The predicted octanol–water partition coefficient (Wildman–Crippen LogP) is 0.218. The molecule has 0 aliphatic carbocycles. The van der Waals surface area contributed by atoms with E-state index in [9.17, 15) is 13.2 Å². The zero-order valence-electron chi connectivity index (χ0n) is 14.6. The van der Waals surface area contributed by atoms with Gasteiger partial charge in [-0.25, -0.2) is 13.4 Å². The molecule has 0 spiro atoms. The Morgan fingerprint density at radius 3 is 2.86 bits per heavy atom. The van der Waals surface area contributed by atoms with E-state index in [1.54, 1.807) is 6.92 Å². The van der Waals surface area contributed by atoms with Crippen LogP contribution in [-0.4, -0.2) is 61.0 Å². The number of carbonyl (C=O) groups excluding carboxylic acids is 1. The number of aromatic nitrogens is 1. The second kappa shape index (κ2) is 9.54. The number of amidine groups is 1. The van der Waals surface area contributed by atoms with Crippen molar-refractivity contribution in [3.8, 4) is 0 Å². The number of nitrogens with two attached hydrogens (primary N) is 2. The van der Waals surface area contributed by atoms with Gasteiger partial charge in [0.1, 0.15) is 10.0 Å². The molecular formula is C13H18ClN7O4S3. The molecular weight excluding hydrogens is 450 g/mol. The highest BCUT2D eigenvalue weighted by Gasteiger charge is 2.47. The van der Waals surface area contributed by atoms with Gasteiger partial charge >= 0.3 is 5.97 Å². The van der Waals surface area contributed by atoms with E-state index in [0.717, 1.165) is 11.3 Å². The normalized spacial score (nSPS) is 19.4. The molecule has 2 heterocycles. The number of thiazole rings is 1. The Kier molecular flexibility index (Phi) is 7.63. The molecule has 1 fully saturated rings. The summed E-state index contributed by atoms with van der Waals surface area (Å²) in [7, 11) is -4.05. The van der Waals surface area contributed by atoms with E-state index in [4.69, 9.17) is 33.2 Å². The van der Waals surface area contributed by atoms with Gasteiger partial charge in [-0.15, -0.1) is 0 Å². The number of guanidine groups is 1. The minimum absolute atomic E-state index is 0.0192. The summed E-state index contributed by atoms with van der Waals surface area (Å²) in [6.07, 6.45) is 0. The fourth-order valence-corrected chi connectivity index (χ4v) is 5.33. The van der Waals surface area contributed by atoms with Gasteiger partial charge in [-0.3, -0.25) is 19.9 Å². The number of carbonyl (C=O) groups is 1. The zero-order valence-corrected chi connectivity index (χ0v) is 17.8. The van der Waals surface area contributed by atoms with E-state index >= 15 is 0 Å². The van der Waals surface area contributed by atoms with Gasteiger partial charge in [-0.1, -0.05) is 22.9 Å². The fraction of sp³-hybridized carbons (Fsp3) is 0.462. The molecule has 1 aromatic heterocycles. The van der Waals surface area contributed by atoms with Gasteiger partial charge in [0.25, 0.3) is 10.0 Å². The maximum Gasteiger partial charge on any atom is 0.332 e. The van der Waals surface area contributed by atoms with Crippen molar-refractivity contribution < 1.29 is 17.9 Å². The van der Waals surface area contributed by atoms with E-state index in [0.29, 0.717) is 26.7 Å². The van der Waals surface area contributed by atoms with E-state index in [1.165, 1.54) is 11.8 Å². The highest BCUT2D eigenvalue weighted by molar-refractivity contribution is 7.98. The zero-order chi connectivity index (χ0) is 20.9. The summed E-state index contributed by atoms with van der Waals surface area (Å²) in [6, 6.07) is 0. The lowest BCUT2D eigenvalue weighted by atomic mass is 10.2. The number of thioether (sulfide) groups is 1. The van der Waals surface area contributed by atoms with Gasteiger partial charge in [0.15, 0.2) is 11.8 Å². The van der Waals surface area contributed by atoms with Gasteiger partial charge < -0.3 is 16.2 Å². The first-order valence-electron chi connectivity index (χ1n) is 7.79. The van der Waals surface area contributed by atoms with Crippen LogP contribution in [0.2, 0.25) is 4.34 Å². The molecule has 1 saturated heterocycles. The number of sulfonamides is 1. The quantitative estimate of drug-likeness (QED) is 0.181. The minimum atomic E-state index is -4.05. The summed E-state index contributed by atoms with van der Waals surface area (Å²) < 4.78 is 31.3. The van der Waals surface area contributed by atoms with E-state index in [1.807, 2.05) is 0 Å². The third-order valence-corrected chi connectivity index (χ3v) is 6.88. The highest BCUT2D eigenvalue weighted by Crippen LogP contribution is 2.32. The van der Waals surface area contributed by atoms with Crippen molar-refractivity contribution in [2.75, 3.05) is 18.9 Å². The van der Waals surface area contributed by atoms with Crippen LogP contribution in [0.4, 0.5) is 5.13 Å². The lowest BCUT2D eigenvalue weighted by Crippen LogP contribution is -2.35. The third kappa shape index (κ3) is 5.56. The predicted molar refractivity (Wildman–Crippen MR) is 111 cm³/mol. The van der Waals surface area contributed by atoms with Crippen LogP contribution in [0.3, 0.4) is 0 Å². The second-order valence-electron chi connectivity index (χ2n) is 5.23. The van der Waals surface area contributed by atoms with Gasteiger partial charge in [-0.05, 0) is 6.92 Å². The Hall–Kier alpha value is -1.90. The summed E-state index contributed by atoms with van der Waals surface area (Å²) in [4.78, 5) is 23.9. The van der Waals surface area contributed by atoms with E-state index in [2.05, 4.69) is 19.7 Å². The largest absolute Gasteiger partial charge is 0.465 e. The summed E-state index contributed by atoms with van der Waals surface area (Å²) in [6.45, 7) is 1.80. The van der Waals surface area contributed by atoms with Crippen LogP contribution in [0.25, 0.3) is 0 Å². The number of esters is 1. The number of hydrogen-bond acceptors (Lipinski definition) is 10. The molecule has 0 aromatic carbocycles. The van der Waals surface area contributed by atoms with Crippen molar-refractivity contribution in [3.05, 3.63) is 10.0 Å². The summed E-state index contributed by atoms with van der Waals surface area (Å²) in [5.41, 5.74) is 10.8. The second-order valence-corrected chi connectivity index (χ2v) is 9.68. The first-order valence-corrected chi connectivity index (χ1v) is 11.7. The topological polar surface area (TPSA) is 186 Å². The number of hydrogen-bond donors (Lipinski definition) is 4.